The number of pyridine rings is 1. The molecule has 1 fully saturated rings. The van der Waals surface area contributed by atoms with E-state index in [1.54, 1.807) is 23.7 Å². The van der Waals surface area contributed by atoms with E-state index in [4.69, 9.17) is 0 Å². The second-order valence-corrected chi connectivity index (χ2v) is 9.53. The van der Waals surface area contributed by atoms with Crippen molar-refractivity contribution in [3.63, 3.8) is 0 Å². The van der Waals surface area contributed by atoms with E-state index in [1.807, 2.05) is 60.1 Å². The molecule has 0 radical (unpaired) electrons. The fraction of sp³-hybridized carbons (Fsp3) is 0.222. The number of amides is 1. The summed E-state index contributed by atoms with van der Waals surface area (Å²) >= 11 is 1.55. The zero-order chi connectivity index (χ0) is 24.2. The summed E-state index contributed by atoms with van der Waals surface area (Å²) in [5.74, 6) is -0.127. The standard InChI is InChI=1S/C27H28N6OS/c1-20-8-9-22(18-25(20)33(27-29-11-16-35-27)24-7-4-10-28-19-24)30-26(34)21-5-3-6-23(17-21)32-14-12-31(2)13-15-32/h3-11,16-19H,12-15H2,1-2H3,(H,30,34). The molecule has 0 spiro atoms. The zero-order valence-corrected chi connectivity index (χ0v) is 20.7. The van der Waals surface area contributed by atoms with Gasteiger partial charge in [-0.3, -0.25) is 14.7 Å². The van der Waals surface area contributed by atoms with Crippen LogP contribution in [-0.4, -0.2) is 54.0 Å². The maximum Gasteiger partial charge on any atom is 0.255 e. The predicted molar refractivity (Wildman–Crippen MR) is 143 cm³/mol. The molecule has 5 rings (SSSR count). The molecule has 3 heterocycles. The molecule has 35 heavy (non-hydrogen) atoms. The normalized spacial score (nSPS) is 14.1. The number of aromatic nitrogens is 2. The molecule has 1 N–H and O–H groups in total. The van der Waals surface area contributed by atoms with Crippen molar-refractivity contribution < 1.29 is 4.79 Å². The number of nitrogens with zero attached hydrogens (tertiary/aromatic N) is 5. The fourth-order valence-corrected chi connectivity index (χ4v) is 4.88. The number of nitrogens with one attached hydrogen (secondary N) is 1. The largest absolute Gasteiger partial charge is 0.369 e. The fourth-order valence-electron chi connectivity index (χ4n) is 4.20. The molecule has 2 aromatic heterocycles. The summed E-state index contributed by atoms with van der Waals surface area (Å²) in [5, 5.41) is 5.88. The van der Waals surface area contributed by atoms with Crippen molar-refractivity contribution in [3.8, 4) is 0 Å². The predicted octanol–water partition coefficient (Wildman–Crippen LogP) is 5.32. The molecular formula is C27H28N6OS. The highest BCUT2D eigenvalue weighted by Gasteiger charge is 2.19. The molecule has 0 atom stereocenters. The van der Waals surface area contributed by atoms with Gasteiger partial charge >= 0.3 is 0 Å². The number of anilines is 5. The quantitative estimate of drug-likeness (QED) is 0.400. The summed E-state index contributed by atoms with van der Waals surface area (Å²) in [6.45, 7) is 6.02. The molecule has 1 amide bonds. The van der Waals surface area contributed by atoms with E-state index in [0.29, 0.717) is 5.56 Å². The van der Waals surface area contributed by atoms with Crippen molar-refractivity contribution in [3.05, 3.63) is 89.7 Å². The van der Waals surface area contributed by atoms with Crippen LogP contribution >= 0.6 is 11.3 Å². The van der Waals surface area contributed by atoms with Crippen LogP contribution in [0.15, 0.2) is 78.6 Å². The van der Waals surface area contributed by atoms with Gasteiger partial charge in [0.25, 0.3) is 5.91 Å². The molecule has 178 valence electrons. The summed E-state index contributed by atoms with van der Waals surface area (Å²) < 4.78 is 0. The van der Waals surface area contributed by atoms with E-state index >= 15 is 0 Å². The van der Waals surface area contributed by atoms with Crippen molar-refractivity contribution >= 4 is 45.1 Å². The molecule has 0 aliphatic carbocycles. The first kappa shape index (κ1) is 23.0. The van der Waals surface area contributed by atoms with Crippen LogP contribution in [0.3, 0.4) is 0 Å². The summed E-state index contributed by atoms with van der Waals surface area (Å²) in [6.07, 6.45) is 5.36. The summed E-state index contributed by atoms with van der Waals surface area (Å²) in [5.41, 5.74) is 5.38. The van der Waals surface area contributed by atoms with Crippen molar-refractivity contribution in [1.82, 2.24) is 14.9 Å². The maximum absolute atomic E-state index is 13.2. The SMILES string of the molecule is Cc1ccc(NC(=O)c2cccc(N3CCN(C)CC3)c2)cc1N(c1cccnc1)c1nccs1. The Balaban J connectivity index is 1.40. The highest BCUT2D eigenvalue weighted by molar-refractivity contribution is 7.13. The highest BCUT2D eigenvalue weighted by atomic mass is 32.1. The minimum Gasteiger partial charge on any atom is -0.369 e. The molecule has 4 aromatic rings. The van der Waals surface area contributed by atoms with Gasteiger partial charge in [-0.25, -0.2) is 4.98 Å². The van der Waals surface area contributed by atoms with Crippen LogP contribution in [0.25, 0.3) is 0 Å². The Morgan fingerprint density at radius 1 is 1.03 bits per heavy atom. The highest BCUT2D eigenvalue weighted by Crippen LogP contribution is 2.38. The minimum atomic E-state index is -0.127. The Bertz CT molecular complexity index is 1290. The average Bonchev–Trinajstić information content (AvgIpc) is 3.42. The average molecular weight is 485 g/mol. The minimum absolute atomic E-state index is 0.127. The van der Waals surface area contributed by atoms with Crippen LogP contribution in [0.5, 0.6) is 0 Å². The third-order valence-corrected chi connectivity index (χ3v) is 6.96. The molecule has 8 heteroatoms. The molecule has 0 bridgehead atoms. The van der Waals surface area contributed by atoms with Crippen molar-refractivity contribution in [2.45, 2.75) is 6.92 Å². The number of hydrogen-bond donors (Lipinski definition) is 1. The number of aryl methyl sites for hydroxylation is 1. The first-order valence-electron chi connectivity index (χ1n) is 11.6. The maximum atomic E-state index is 13.2. The van der Waals surface area contributed by atoms with Gasteiger partial charge in [0.15, 0.2) is 5.13 Å². The third kappa shape index (κ3) is 5.18. The van der Waals surface area contributed by atoms with Crippen molar-refractivity contribution in [2.75, 3.05) is 48.3 Å². The van der Waals surface area contributed by atoms with Crippen molar-refractivity contribution in [2.24, 2.45) is 0 Å². The molecular weight excluding hydrogens is 456 g/mol. The lowest BCUT2D eigenvalue weighted by Gasteiger charge is -2.34. The number of carbonyl (C=O) groups is 1. The number of hydrogen-bond acceptors (Lipinski definition) is 7. The molecule has 1 saturated heterocycles. The van der Waals surface area contributed by atoms with Crippen LogP contribution in [0.2, 0.25) is 0 Å². The summed E-state index contributed by atoms with van der Waals surface area (Å²) in [6, 6.07) is 17.7. The number of rotatable bonds is 6. The van der Waals surface area contributed by atoms with Crippen molar-refractivity contribution in [1.29, 1.82) is 0 Å². The Morgan fingerprint density at radius 3 is 2.63 bits per heavy atom. The lowest BCUT2D eigenvalue weighted by Crippen LogP contribution is -2.44. The van der Waals surface area contributed by atoms with E-state index in [9.17, 15) is 4.79 Å². The van der Waals surface area contributed by atoms with Gasteiger partial charge in [-0.1, -0.05) is 12.1 Å². The first-order chi connectivity index (χ1) is 17.1. The molecule has 1 aliphatic heterocycles. The summed E-state index contributed by atoms with van der Waals surface area (Å²) in [4.78, 5) is 28.7. The molecule has 0 unspecified atom stereocenters. The van der Waals surface area contributed by atoms with Crippen LogP contribution in [-0.2, 0) is 0 Å². The first-order valence-corrected chi connectivity index (χ1v) is 12.5. The molecule has 7 nitrogen and oxygen atoms in total. The van der Waals surface area contributed by atoms with E-state index in [-0.39, 0.29) is 5.91 Å². The van der Waals surface area contributed by atoms with Crippen LogP contribution < -0.4 is 15.1 Å². The Labute approximate surface area is 209 Å². The van der Waals surface area contributed by atoms with Gasteiger partial charge in [0, 0.05) is 60.9 Å². The number of piperazine rings is 1. The van der Waals surface area contributed by atoms with Gasteiger partial charge < -0.3 is 15.1 Å². The Hall–Kier alpha value is -3.75. The van der Waals surface area contributed by atoms with Crippen LogP contribution in [0.4, 0.5) is 27.9 Å². The van der Waals surface area contributed by atoms with E-state index < -0.39 is 0 Å². The van der Waals surface area contributed by atoms with Crippen LogP contribution in [0.1, 0.15) is 15.9 Å². The summed E-state index contributed by atoms with van der Waals surface area (Å²) in [7, 11) is 2.14. The van der Waals surface area contributed by atoms with E-state index in [0.717, 1.165) is 59.6 Å². The topological polar surface area (TPSA) is 64.6 Å². The number of thiazole rings is 1. The van der Waals surface area contributed by atoms with Gasteiger partial charge in [-0.05, 0) is 62.0 Å². The monoisotopic (exact) mass is 484 g/mol. The lowest BCUT2D eigenvalue weighted by atomic mass is 10.1. The second kappa shape index (κ2) is 10.2. The molecule has 2 aromatic carbocycles. The third-order valence-electron chi connectivity index (χ3n) is 6.20. The van der Waals surface area contributed by atoms with E-state index in [1.165, 1.54) is 0 Å². The Kier molecular flexibility index (Phi) is 6.74. The number of benzene rings is 2. The number of likely N-dealkylation sites (N-methyl/N-ethyl adjacent to an activating group) is 1. The zero-order valence-electron chi connectivity index (χ0n) is 19.9. The lowest BCUT2D eigenvalue weighted by molar-refractivity contribution is 0.102. The molecule has 1 aliphatic rings. The van der Waals surface area contributed by atoms with Gasteiger partial charge in [0.1, 0.15) is 0 Å². The van der Waals surface area contributed by atoms with Gasteiger partial charge in [-0.15, -0.1) is 11.3 Å². The van der Waals surface area contributed by atoms with E-state index in [2.05, 4.69) is 50.0 Å². The van der Waals surface area contributed by atoms with Gasteiger partial charge in [0.2, 0.25) is 0 Å². The Morgan fingerprint density at radius 2 is 1.89 bits per heavy atom. The molecule has 0 saturated carbocycles. The van der Waals surface area contributed by atoms with Gasteiger partial charge in [0.05, 0.1) is 17.6 Å². The number of carbonyl (C=O) groups excluding carboxylic acids is 1. The van der Waals surface area contributed by atoms with Gasteiger partial charge in [-0.2, -0.15) is 0 Å². The second-order valence-electron chi connectivity index (χ2n) is 8.66. The smallest absolute Gasteiger partial charge is 0.255 e. The van der Waals surface area contributed by atoms with Crippen LogP contribution in [0, 0.1) is 6.92 Å².